The Morgan fingerprint density at radius 3 is 2.58 bits per heavy atom. The maximum Gasteiger partial charge on any atom is 0.419 e. The van der Waals surface area contributed by atoms with E-state index < -0.39 is 15.8 Å². The maximum absolute atomic E-state index is 12.8. The molecule has 0 saturated carbocycles. The van der Waals surface area contributed by atoms with Crippen LogP contribution in [0, 0.1) is 6.92 Å². The van der Waals surface area contributed by atoms with Crippen LogP contribution in [-0.2, 0) is 17.1 Å². The molecule has 0 atom stereocenters. The van der Waals surface area contributed by atoms with E-state index in [4.69, 9.17) is 4.42 Å². The second kappa shape index (κ2) is 6.85. The van der Waals surface area contributed by atoms with Gasteiger partial charge in [-0.05, 0) is 48.9 Å². The molecule has 0 unspecified atom stereocenters. The number of hydrogen-bond donors (Lipinski definition) is 1. The fourth-order valence-corrected chi connectivity index (χ4v) is 4.57. The second-order valence-corrected chi connectivity index (χ2v) is 8.97. The highest BCUT2D eigenvalue weighted by molar-refractivity contribution is 7.92. The van der Waals surface area contributed by atoms with Gasteiger partial charge in [-0.3, -0.25) is 9.29 Å². The minimum Gasteiger partial charge on any atom is -0.408 e. The van der Waals surface area contributed by atoms with Crippen LogP contribution in [0.5, 0.6) is 0 Å². The van der Waals surface area contributed by atoms with Crippen molar-refractivity contribution in [3.8, 4) is 11.3 Å². The van der Waals surface area contributed by atoms with Crippen molar-refractivity contribution < 1.29 is 12.8 Å². The highest BCUT2D eigenvalue weighted by atomic mass is 32.2. The van der Waals surface area contributed by atoms with Gasteiger partial charge < -0.3 is 8.82 Å². The number of benzene rings is 2. The lowest BCUT2D eigenvalue weighted by atomic mass is 10.1. The van der Waals surface area contributed by atoms with Crippen LogP contribution in [0.25, 0.3) is 28.0 Å². The molecule has 8 nitrogen and oxygen atoms in total. The third-order valence-corrected chi connectivity index (χ3v) is 6.56. The van der Waals surface area contributed by atoms with Crippen molar-refractivity contribution in [1.29, 1.82) is 0 Å². The summed E-state index contributed by atoms with van der Waals surface area (Å²) >= 11 is 0. The van der Waals surface area contributed by atoms with E-state index in [2.05, 4.69) is 9.71 Å². The summed E-state index contributed by atoms with van der Waals surface area (Å²) in [6.07, 6.45) is 3.87. The van der Waals surface area contributed by atoms with Gasteiger partial charge in [0.25, 0.3) is 10.0 Å². The number of nitrogens with zero attached hydrogens (tertiary/aromatic N) is 3. The number of oxazole rings is 1. The van der Waals surface area contributed by atoms with E-state index >= 15 is 0 Å². The third kappa shape index (κ3) is 3.28. The summed E-state index contributed by atoms with van der Waals surface area (Å²) < 4.78 is 36.5. The first kappa shape index (κ1) is 19.1. The van der Waals surface area contributed by atoms with E-state index in [0.717, 1.165) is 22.5 Å². The highest BCUT2D eigenvalue weighted by Gasteiger charge is 2.17. The van der Waals surface area contributed by atoms with Crippen molar-refractivity contribution >= 4 is 32.5 Å². The second-order valence-electron chi connectivity index (χ2n) is 7.29. The SMILES string of the molecule is Cc1cccn2cc(-c3ccc(NS(=O)(=O)c4ccc5oc(=O)n(C)c5c4)cc3)nc12. The average molecular weight is 434 g/mol. The van der Waals surface area contributed by atoms with Crippen LogP contribution in [0.2, 0.25) is 0 Å². The molecule has 0 radical (unpaired) electrons. The van der Waals surface area contributed by atoms with E-state index in [0.29, 0.717) is 16.8 Å². The number of sulfonamides is 1. The van der Waals surface area contributed by atoms with E-state index in [1.165, 1.54) is 29.8 Å². The molecule has 0 spiro atoms. The molecule has 0 bridgehead atoms. The maximum atomic E-state index is 12.8. The zero-order chi connectivity index (χ0) is 21.8. The summed E-state index contributed by atoms with van der Waals surface area (Å²) in [5.41, 5.74) is 4.79. The van der Waals surface area contributed by atoms with Gasteiger partial charge in [0.2, 0.25) is 0 Å². The predicted molar refractivity (Wildman–Crippen MR) is 118 cm³/mol. The molecule has 3 heterocycles. The summed E-state index contributed by atoms with van der Waals surface area (Å²) in [6.45, 7) is 2.00. The Hall–Kier alpha value is -3.85. The summed E-state index contributed by atoms with van der Waals surface area (Å²) in [6, 6.07) is 15.3. The van der Waals surface area contributed by atoms with Crippen LogP contribution in [0.4, 0.5) is 5.69 Å². The number of rotatable bonds is 4. The van der Waals surface area contributed by atoms with Gasteiger partial charge in [-0.25, -0.2) is 18.2 Å². The van der Waals surface area contributed by atoms with Gasteiger partial charge in [0, 0.05) is 30.7 Å². The van der Waals surface area contributed by atoms with Crippen molar-refractivity contribution in [3.05, 3.63) is 83.1 Å². The van der Waals surface area contributed by atoms with E-state index in [1.54, 1.807) is 12.1 Å². The molecule has 2 aromatic carbocycles. The first-order valence-corrected chi connectivity index (χ1v) is 11.0. The number of fused-ring (bicyclic) bond motifs is 2. The van der Waals surface area contributed by atoms with Gasteiger partial charge in [0.05, 0.1) is 16.1 Å². The topological polar surface area (TPSA) is 98.6 Å². The number of hydrogen-bond acceptors (Lipinski definition) is 5. The zero-order valence-corrected chi connectivity index (χ0v) is 17.6. The average Bonchev–Trinajstić information content (AvgIpc) is 3.30. The molecule has 0 aliphatic heterocycles. The largest absolute Gasteiger partial charge is 0.419 e. The molecular formula is C22H18N4O4S. The molecule has 5 rings (SSSR count). The van der Waals surface area contributed by atoms with Crippen molar-refractivity contribution in [1.82, 2.24) is 14.0 Å². The Labute approximate surface area is 177 Å². The van der Waals surface area contributed by atoms with Crippen LogP contribution in [0.1, 0.15) is 5.56 Å². The van der Waals surface area contributed by atoms with Crippen LogP contribution < -0.4 is 10.5 Å². The minimum atomic E-state index is -3.84. The summed E-state index contributed by atoms with van der Waals surface area (Å²) in [7, 11) is -2.32. The van der Waals surface area contributed by atoms with Crippen molar-refractivity contribution in [2.45, 2.75) is 11.8 Å². The minimum absolute atomic E-state index is 0.0382. The Kier molecular flexibility index (Phi) is 4.23. The number of aromatic nitrogens is 3. The molecule has 3 aromatic heterocycles. The van der Waals surface area contributed by atoms with Gasteiger partial charge in [0.15, 0.2) is 5.58 Å². The molecule has 9 heteroatoms. The van der Waals surface area contributed by atoms with E-state index in [1.807, 2.05) is 48.0 Å². The smallest absolute Gasteiger partial charge is 0.408 e. The van der Waals surface area contributed by atoms with Crippen LogP contribution in [0.3, 0.4) is 0 Å². The Balaban J connectivity index is 1.44. The molecule has 5 aromatic rings. The summed E-state index contributed by atoms with van der Waals surface area (Å²) in [5, 5.41) is 0. The first-order chi connectivity index (χ1) is 14.8. The number of nitrogens with one attached hydrogen (secondary N) is 1. The molecule has 0 amide bonds. The fourth-order valence-electron chi connectivity index (χ4n) is 3.49. The summed E-state index contributed by atoms with van der Waals surface area (Å²) in [4.78, 5) is 16.3. The number of aryl methyl sites for hydroxylation is 2. The van der Waals surface area contributed by atoms with Crippen LogP contribution in [-0.4, -0.2) is 22.4 Å². The predicted octanol–water partition coefficient (Wildman–Crippen LogP) is 3.56. The Morgan fingerprint density at radius 2 is 1.84 bits per heavy atom. The van der Waals surface area contributed by atoms with Gasteiger partial charge >= 0.3 is 5.76 Å². The van der Waals surface area contributed by atoms with Crippen LogP contribution >= 0.6 is 0 Å². The lowest BCUT2D eigenvalue weighted by Crippen LogP contribution is -2.13. The Bertz CT molecular complexity index is 1610. The van der Waals surface area contributed by atoms with Crippen LogP contribution in [0.15, 0.2) is 81.1 Å². The number of imidazole rings is 1. The van der Waals surface area contributed by atoms with E-state index in [-0.39, 0.29) is 4.90 Å². The molecular weight excluding hydrogens is 416 g/mol. The normalized spacial score (nSPS) is 11.9. The van der Waals surface area contributed by atoms with Gasteiger partial charge in [0.1, 0.15) is 5.65 Å². The quantitative estimate of drug-likeness (QED) is 0.466. The molecule has 0 aliphatic rings. The molecule has 31 heavy (non-hydrogen) atoms. The molecule has 0 aliphatic carbocycles. The zero-order valence-electron chi connectivity index (χ0n) is 16.7. The Morgan fingerprint density at radius 1 is 1.06 bits per heavy atom. The van der Waals surface area contributed by atoms with E-state index in [9.17, 15) is 13.2 Å². The standard InChI is InChI=1S/C22H18N4O4S/c1-14-4-3-11-26-13-18(23-21(14)26)15-5-7-16(8-6-15)24-31(28,29)17-9-10-20-19(12-17)25(2)22(27)30-20/h3-13,24H,1-2H3. The summed E-state index contributed by atoms with van der Waals surface area (Å²) in [5.74, 6) is -0.546. The van der Waals surface area contributed by atoms with Crippen molar-refractivity contribution in [2.75, 3.05) is 4.72 Å². The first-order valence-electron chi connectivity index (χ1n) is 9.49. The van der Waals surface area contributed by atoms with Gasteiger partial charge in [-0.1, -0.05) is 18.2 Å². The monoisotopic (exact) mass is 434 g/mol. The number of anilines is 1. The van der Waals surface area contributed by atoms with Gasteiger partial charge in [-0.15, -0.1) is 0 Å². The number of pyridine rings is 1. The fraction of sp³-hybridized carbons (Fsp3) is 0.0909. The van der Waals surface area contributed by atoms with Crippen molar-refractivity contribution in [3.63, 3.8) is 0 Å². The third-order valence-electron chi connectivity index (χ3n) is 5.18. The molecule has 1 N–H and O–H groups in total. The lowest BCUT2D eigenvalue weighted by Gasteiger charge is -2.09. The molecule has 0 fully saturated rings. The molecule has 156 valence electrons. The highest BCUT2D eigenvalue weighted by Crippen LogP contribution is 2.25. The van der Waals surface area contributed by atoms with Gasteiger partial charge in [-0.2, -0.15) is 0 Å². The van der Waals surface area contributed by atoms with Crippen molar-refractivity contribution in [2.24, 2.45) is 7.05 Å². The molecule has 0 saturated heterocycles. The lowest BCUT2D eigenvalue weighted by molar-refractivity contribution is 0.528.